The largest absolute Gasteiger partial charge is 0.304 e. The molecule has 0 unspecified atom stereocenters. The number of benzene rings is 1. The van der Waals surface area contributed by atoms with Gasteiger partial charge in [0.05, 0.1) is 10.6 Å². The molecule has 0 saturated heterocycles. The van der Waals surface area contributed by atoms with Crippen molar-refractivity contribution >= 4 is 34.4 Å². The van der Waals surface area contributed by atoms with Crippen LogP contribution >= 0.6 is 34.4 Å². The van der Waals surface area contributed by atoms with Crippen LogP contribution in [0.3, 0.4) is 0 Å². The quantitative estimate of drug-likeness (QED) is 0.466. The van der Waals surface area contributed by atoms with E-state index in [-0.39, 0.29) is 0 Å². The van der Waals surface area contributed by atoms with E-state index >= 15 is 0 Å². The molecule has 4 nitrogen and oxygen atoms in total. The fourth-order valence-corrected chi connectivity index (χ4v) is 4.76. The topological polar surface area (TPSA) is 43.6 Å². The Morgan fingerprint density at radius 1 is 1.04 bits per heavy atom. The summed E-state index contributed by atoms with van der Waals surface area (Å²) in [6.07, 6.45) is 0. The second-order valence-corrected chi connectivity index (χ2v) is 7.89. The number of aromatic nitrogens is 4. The van der Waals surface area contributed by atoms with Gasteiger partial charge in [0, 0.05) is 23.7 Å². The van der Waals surface area contributed by atoms with Crippen molar-refractivity contribution in [1.29, 1.82) is 0 Å². The number of thiophene rings is 1. The highest BCUT2D eigenvalue weighted by molar-refractivity contribution is 7.98. The zero-order chi connectivity index (χ0) is 16.4. The highest BCUT2D eigenvalue weighted by atomic mass is 32.2. The smallest absolute Gasteiger partial charge is 0.191 e. The molecule has 3 aromatic heterocycles. The number of thiazole rings is 1. The van der Waals surface area contributed by atoms with Crippen LogP contribution in [0.2, 0.25) is 0 Å². The van der Waals surface area contributed by atoms with E-state index in [9.17, 15) is 0 Å². The summed E-state index contributed by atoms with van der Waals surface area (Å²) < 4.78 is 2.04. The highest BCUT2D eigenvalue weighted by Gasteiger charge is 2.13. The van der Waals surface area contributed by atoms with Gasteiger partial charge in [0.25, 0.3) is 0 Å². The zero-order valence-corrected chi connectivity index (χ0v) is 15.4. The molecular formula is C17H14N4S3. The second kappa shape index (κ2) is 6.88. The molecule has 7 heteroatoms. The Hall–Kier alpha value is -1.96. The van der Waals surface area contributed by atoms with Crippen LogP contribution in [0.5, 0.6) is 0 Å². The fourth-order valence-electron chi connectivity index (χ4n) is 2.29. The first-order valence-electron chi connectivity index (χ1n) is 7.37. The van der Waals surface area contributed by atoms with Crippen molar-refractivity contribution in [2.75, 3.05) is 0 Å². The molecule has 0 saturated carbocycles. The molecule has 3 heterocycles. The maximum absolute atomic E-state index is 4.72. The van der Waals surface area contributed by atoms with E-state index < -0.39 is 0 Å². The molecule has 24 heavy (non-hydrogen) atoms. The third kappa shape index (κ3) is 3.15. The van der Waals surface area contributed by atoms with Crippen molar-refractivity contribution in [2.45, 2.75) is 10.9 Å². The van der Waals surface area contributed by atoms with Crippen molar-refractivity contribution in [2.24, 2.45) is 7.05 Å². The summed E-state index contributed by atoms with van der Waals surface area (Å²) in [6.45, 7) is 0. The van der Waals surface area contributed by atoms with Gasteiger partial charge in [-0.1, -0.05) is 48.2 Å². The molecule has 120 valence electrons. The normalized spacial score (nSPS) is 11.0. The molecule has 0 aliphatic heterocycles. The zero-order valence-electron chi connectivity index (χ0n) is 12.9. The van der Waals surface area contributed by atoms with Gasteiger partial charge in [-0.25, -0.2) is 4.98 Å². The first kappa shape index (κ1) is 15.6. The molecule has 4 rings (SSSR count). The lowest BCUT2D eigenvalue weighted by molar-refractivity contribution is 0.794. The molecule has 0 spiro atoms. The number of hydrogen-bond donors (Lipinski definition) is 0. The Morgan fingerprint density at radius 3 is 2.71 bits per heavy atom. The maximum Gasteiger partial charge on any atom is 0.191 e. The Bertz CT molecular complexity index is 926. The summed E-state index contributed by atoms with van der Waals surface area (Å²) in [4.78, 5) is 5.86. The Morgan fingerprint density at radius 2 is 1.92 bits per heavy atom. The molecular weight excluding hydrogens is 356 g/mol. The Labute approximate surface area is 152 Å². The lowest BCUT2D eigenvalue weighted by atomic mass is 10.2. The lowest BCUT2D eigenvalue weighted by Gasteiger charge is -2.01. The first-order chi connectivity index (χ1) is 11.8. The van der Waals surface area contributed by atoms with Crippen LogP contribution in [0.25, 0.3) is 21.3 Å². The fraction of sp³-hybridized carbons (Fsp3) is 0.118. The molecule has 0 N–H and O–H groups in total. The molecule has 0 aliphatic rings. The van der Waals surface area contributed by atoms with E-state index in [1.165, 1.54) is 0 Å². The second-order valence-electron chi connectivity index (χ2n) is 5.14. The molecule has 0 atom stereocenters. The summed E-state index contributed by atoms with van der Waals surface area (Å²) in [7, 11) is 2.01. The van der Waals surface area contributed by atoms with Crippen LogP contribution in [0.4, 0.5) is 0 Å². The summed E-state index contributed by atoms with van der Waals surface area (Å²) in [5.74, 6) is 1.70. The third-order valence-corrected chi connectivity index (χ3v) is 6.36. The molecule has 0 bridgehead atoms. The minimum absolute atomic E-state index is 0.791. The minimum Gasteiger partial charge on any atom is -0.304 e. The minimum atomic E-state index is 0.791. The summed E-state index contributed by atoms with van der Waals surface area (Å²) >= 11 is 5.02. The van der Waals surface area contributed by atoms with Gasteiger partial charge < -0.3 is 4.57 Å². The van der Waals surface area contributed by atoms with E-state index in [0.29, 0.717) is 0 Å². The van der Waals surface area contributed by atoms with Gasteiger partial charge in [0.2, 0.25) is 0 Å². The van der Waals surface area contributed by atoms with E-state index in [0.717, 1.165) is 37.9 Å². The van der Waals surface area contributed by atoms with Crippen molar-refractivity contribution in [3.8, 4) is 21.3 Å². The van der Waals surface area contributed by atoms with Crippen molar-refractivity contribution in [3.63, 3.8) is 0 Å². The monoisotopic (exact) mass is 370 g/mol. The van der Waals surface area contributed by atoms with Crippen molar-refractivity contribution in [1.82, 2.24) is 19.7 Å². The number of thioether (sulfide) groups is 1. The van der Waals surface area contributed by atoms with Gasteiger partial charge in [-0.15, -0.1) is 32.9 Å². The number of hydrogen-bond acceptors (Lipinski definition) is 6. The summed E-state index contributed by atoms with van der Waals surface area (Å²) in [5.41, 5.74) is 2.24. The van der Waals surface area contributed by atoms with Gasteiger partial charge >= 0.3 is 0 Å². The average Bonchev–Trinajstić information content (AvgIpc) is 3.35. The predicted molar refractivity (Wildman–Crippen MR) is 101 cm³/mol. The van der Waals surface area contributed by atoms with Crippen molar-refractivity contribution < 1.29 is 0 Å². The summed E-state index contributed by atoms with van der Waals surface area (Å²) in [6, 6.07) is 14.4. The highest BCUT2D eigenvalue weighted by Crippen LogP contribution is 2.29. The van der Waals surface area contributed by atoms with E-state index in [1.807, 2.05) is 35.9 Å². The van der Waals surface area contributed by atoms with Crippen LogP contribution in [0, 0.1) is 0 Å². The maximum atomic E-state index is 4.72. The first-order valence-corrected chi connectivity index (χ1v) is 10.1. The molecule has 0 fully saturated rings. The third-order valence-electron chi connectivity index (χ3n) is 3.50. The van der Waals surface area contributed by atoms with E-state index in [2.05, 4.69) is 39.2 Å². The van der Waals surface area contributed by atoms with Crippen LogP contribution < -0.4 is 0 Å². The van der Waals surface area contributed by atoms with Gasteiger partial charge in [-0.2, -0.15) is 0 Å². The number of nitrogens with zero attached hydrogens (tertiary/aromatic N) is 4. The Kier molecular flexibility index (Phi) is 4.46. The molecule has 4 aromatic rings. The Balaban J connectivity index is 1.47. The van der Waals surface area contributed by atoms with Gasteiger partial charge in [0.15, 0.2) is 11.0 Å². The van der Waals surface area contributed by atoms with Gasteiger partial charge in [-0.3, -0.25) is 0 Å². The van der Waals surface area contributed by atoms with Gasteiger partial charge in [0.1, 0.15) is 5.01 Å². The standard InChI is InChI=1S/C17H14N4S3/c1-21-15(14-8-5-9-22-14)19-20-17(21)24-11-13-10-23-16(18-13)12-6-3-2-4-7-12/h2-10H,11H2,1H3. The lowest BCUT2D eigenvalue weighted by Crippen LogP contribution is -1.94. The average molecular weight is 371 g/mol. The van der Waals surface area contributed by atoms with E-state index in [1.54, 1.807) is 34.4 Å². The SMILES string of the molecule is Cn1c(SCc2csc(-c3ccccc3)n2)nnc1-c1cccs1. The van der Waals surface area contributed by atoms with Crippen molar-refractivity contribution in [3.05, 3.63) is 58.9 Å². The van der Waals surface area contributed by atoms with Crippen LogP contribution in [-0.4, -0.2) is 19.7 Å². The van der Waals surface area contributed by atoms with Crippen LogP contribution in [-0.2, 0) is 12.8 Å². The molecule has 0 aliphatic carbocycles. The molecule has 1 aromatic carbocycles. The van der Waals surface area contributed by atoms with E-state index in [4.69, 9.17) is 4.98 Å². The number of rotatable bonds is 5. The predicted octanol–water partition coefficient (Wildman–Crippen LogP) is 4.96. The summed E-state index contributed by atoms with van der Waals surface area (Å²) in [5, 5.41) is 14.8. The van der Waals surface area contributed by atoms with Gasteiger partial charge in [-0.05, 0) is 11.4 Å². The van der Waals surface area contributed by atoms with Crippen LogP contribution in [0.15, 0.2) is 58.4 Å². The molecule has 0 radical (unpaired) electrons. The molecule has 0 amide bonds. The van der Waals surface area contributed by atoms with Crippen LogP contribution in [0.1, 0.15) is 5.69 Å².